The van der Waals surface area contributed by atoms with Crippen LogP contribution < -0.4 is 5.32 Å². The third-order valence-corrected chi connectivity index (χ3v) is 7.99. The summed E-state index contributed by atoms with van der Waals surface area (Å²) >= 11 is 0. The number of hydrogen-bond acceptors (Lipinski definition) is 9. The van der Waals surface area contributed by atoms with Gasteiger partial charge in [0.25, 0.3) is 0 Å². The van der Waals surface area contributed by atoms with Gasteiger partial charge in [-0.1, -0.05) is 91.0 Å². The maximum atomic E-state index is 13.9. The van der Waals surface area contributed by atoms with Crippen LogP contribution in [0.15, 0.2) is 116 Å². The Morgan fingerprint density at radius 1 is 0.750 bits per heavy atom. The quantitative estimate of drug-likeness (QED) is 0.114. The first-order chi connectivity index (χ1) is 23.4. The molecule has 0 spiro atoms. The molecule has 1 fully saturated rings. The van der Waals surface area contributed by atoms with Gasteiger partial charge >= 0.3 is 18.0 Å². The number of rotatable bonds is 16. The molecule has 3 aromatic carbocycles. The fourth-order valence-electron chi connectivity index (χ4n) is 5.60. The Balaban J connectivity index is 1.66. The van der Waals surface area contributed by atoms with Crippen molar-refractivity contribution in [2.45, 2.75) is 56.4 Å². The molecule has 1 aliphatic rings. The lowest BCUT2D eigenvalue weighted by molar-refractivity contribution is -0.300. The fourth-order valence-corrected chi connectivity index (χ4v) is 5.60. The number of aliphatic hydroxyl groups is 1. The summed E-state index contributed by atoms with van der Waals surface area (Å²) in [5.74, 6) is -2.55. The van der Waals surface area contributed by atoms with Gasteiger partial charge < -0.3 is 28.8 Å². The Morgan fingerprint density at radius 2 is 1.23 bits per heavy atom. The highest BCUT2D eigenvalue weighted by Gasteiger charge is 2.53. The van der Waals surface area contributed by atoms with Gasteiger partial charge in [-0.3, -0.25) is 14.9 Å². The van der Waals surface area contributed by atoms with E-state index in [0.717, 1.165) is 11.1 Å². The molecule has 48 heavy (non-hydrogen) atoms. The lowest BCUT2D eigenvalue weighted by Gasteiger charge is -2.44. The van der Waals surface area contributed by atoms with Crippen LogP contribution in [0.5, 0.6) is 0 Å². The zero-order valence-corrected chi connectivity index (χ0v) is 27.0. The zero-order valence-electron chi connectivity index (χ0n) is 27.0. The highest BCUT2D eigenvalue weighted by atomic mass is 16.7. The minimum atomic E-state index is -1.41. The van der Waals surface area contributed by atoms with Crippen LogP contribution in [0.1, 0.15) is 24.0 Å². The predicted molar refractivity (Wildman–Crippen MR) is 180 cm³/mol. The molecule has 0 unspecified atom stereocenters. The average Bonchev–Trinajstić information content (AvgIpc) is 3.10. The lowest BCUT2D eigenvalue weighted by atomic mass is 9.94. The minimum Gasteiger partial charge on any atom is -0.454 e. The van der Waals surface area contributed by atoms with Crippen molar-refractivity contribution in [1.29, 1.82) is 0 Å². The predicted octanol–water partition coefficient (Wildman–Crippen LogP) is 5.66. The van der Waals surface area contributed by atoms with Gasteiger partial charge in [-0.15, -0.1) is 13.2 Å². The molecule has 0 bridgehead atoms. The normalized spacial score (nSPS) is 21.6. The summed E-state index contributed by atoms with van der Waals surface area (Å²) in [5.41, 5.74) is 2.27. The number of amides is 1. The second kappa shape index (κ2) is 18.5. The first-order valence-corrected chi connectivity index (χ1v) is 15.9. The first-order valence-electron chi connectivity index (χ1n) is 15.9. The highest BCUT2D eigenvalue weighted by Crippen LogP contribution is 2.32. The SMILES string of the molecule is C=CC[C@H](Cc1ccccc1)C(=O)O[C@@H]1[C@@H](OC(=O)[C@H](CC=C)Cc2ccccc2)[C@@H](OC)O[C@H](CO)[C@H]1OC(=O)Nc1ccccc1. The van der Waals surface area contributed by atoms with E-state index >= 15 is 0 Å². The average molecular weight is 658 g/mol. The van der Waals surface area contributed by atoms with E-state index in [1.54, 1.807) is 42.5 Å². The summed E-state index contributed by atoms with van der Waals surface area (Å²) in [6.07, 6.45) is -2.98. The lowest BCUT2D eigenvalue weighted by Crippen LogP contribution is -2.63. The van der Waals surface area contributed by atoms with E-state index in [1.165, 1.54) is 7.11 Å². The van der Waals surface area contributed by atoms with Gasteiger partial charge in [0.05, 0.1) is 18.4 Å². The van der Waals surface area contributed by atoms with Crippen LogP contribution in [0.2, 0.25) is 0 Å². The molecule has 1 amide bonds. The van der Waals surface area contributed by atoms with Gasteiger partial charge in [0.2, 0.25) is 0 Å². The van der Waals surface area contributed by atoms with Gasteiger partial charge in [-0.2, -0.15) is 0 Å². The number of methoxy groups -OCH3 is 1. The third-order valence-electron chi connectivity index (χ3n) is 7.99. The number of nitrogens with one attached hydrogen (secondary N) is 1. The van der Waals surface area contributed by atoms with Crippen LogP contribution >= 0.6 is 0 Å². The van der Waals surface area contributed by atoms with Crippen molar-refractivity contribution in [3.63, 3.8) is 0 Å². The number of esters is 2. The molecule has 4 rings (SSSR count). The van der Waals surface area contributed by atoms with Crippen LogP contribution in [0.25, 0.3) is 0 Å². The van der Waals surface area contributed by atoms with Gasteiger partial charge in [0, 0.05) is 12.8 Å². The monoisotopic (exact) mass is 657 g/mol. The van der Waals surface area contributed by atoms with E-state index in [1.807, 2.05) is 60.7 Å². The molecule has 254 valence electrons. The van der Waals surface area contributed by atoms with E-state index in [-0.39, 0.29) is 6.42 Å². The van der Waals surface area contributed by atoms with E-state index in [9.17, 15) is 19.5 Å². The van der Waals surface area contributed by atoms with Crippen LogP contribution in [-0.4, -0.2) is 67.6 Å². The van der Waals surface area contributed by atoms with Crippen LogP contribution in [0.3, 0.4) is 0 Å². The van der Waals surface area contributed by atoms with E-state index in [2.05, 4.69) is 18.5 Å². The molecule has 3 aromatic rings. The maximum absolute atomic E-state index is 13.9. The molecule has 0 saturated carbocycles. The van der Waals surface area contributed by atoms with Gasteiger partial charge in [-0.25, -0.2) is 4.79 Å². The van der Waals surface area contributed by atoms with Crippen LogP contribution in [0, 0.1) is 11.8 Å². The molecule has 1 heterocycles. The Morgan fingerprint density at radius 3 is 1.69 bits per heavy atom. The summed E-state index contributed by atoms with van der Waals surface area (Å²) in [7, 11) is 1.34. The molecular formula is C38H43NO9. The number of para-hydroxylation sites is 1. The molecule has 10 nitrogen and oxygen atoms in total. The molecule has 10 heteroatoms. The number of hydrogen-bond donors (Lipinski definition) is 2. The maximum Gasteiger partial charge on any atom is 0.412 e. The third kappa shape index (κ3) is 10.1. The molecule has 1 saturated heterocycles. The van der Waals surface area contributed by atoms with Gasteiger partial charge in [0.1, 0.15) is 6.10 Å². The summed E-state index contributed by atoms with van der Waals surface area (Å²) in [6.45, 7) is 6.99. The molecule has 2 N–H and O–H groups in total. The van der Waals surface area contributed by atoms with Crippen molar-refractivity contribution in [3.05, 3.63) is 127 Å². The Labute approximate surface area is 281 Å². The summed E-state index contributed by atoms with van der Waals surface area (Å²) in [6, 6.07) is 27.5. The Bertz CT molecular complexity index is 1470. The summed E-state index contributed by atoms with van der Waals surface area (Å²) in [4.78, 5) is 40.8. The molecular weight excluding hydrogens is 614 g/mol. The molecule has 0 radical (unpaired) electrons. The minimum absolute atomic E-state index is 0.289. The number of carbonyl (C=O) groups excluding carboxylic acids is 3. The molecule has 7 atom stereocenters. The van der Waals surface area contributed by atoms with Gasteiger partial charge in [-0.05, 0) is 48.9 Å². The van der Waals surface area contributed by atoms with E-state index in [0.29, 0.717) is 24.9 Å². The van der Waals surface area contributed by atoms with Crippen molar-refractivity contribution in [2.75, 3.05) is 19.0 Å². The second-order valence-corrected chi connectivity index (χ2v) is 11.4. The van der Waals surface area contributed by atoms with Crippen molar-refractivity contribution in [3.8, 4) is 0 Å². The number of benzene rings is 3. The number of carbonyl (C=O) groups is 3. The van der Waals surface area contributed by atoms with E-state index < -0.39 is 67.2 Å². The van der Waals surface area contributed by atoms with Crippen molar-refractivity contribution in [1.82, 2.24) is 0 Å². The zero-order chi connectivity index (χ0) is 34.3. The molecule has 0 aliphatic carbocycles. The Kier molecular flexibility index (Phi) is 13.9. The standard InChI is InChI=1S/C38H43NO9/c1-4-15-28(23-26-17-9-6-10-18-26)35(41)46-33-32(48-38(43)39-30-21-13-8-14-22-30)31(25-40)45-37(44-3)34(33)47-36(42)29(16-5-2)24-27-19-11-7-12-20-27/h4-14,17-22,28-29,31-34,37,40H,1-2,15-16,23-25H2,3H3,(H,39,43)/t28-,29-,31-,32-,33+,34-,37+/m1/s1. The molecule has 0 aromatic heterocycles. The van der Waals surface area contributed by atoms with Crippen LogP contribution in [-0.2, 0) is 46.1 Å². The highest BCUT2D eigenvalue weighted by molar-refractivity contribution is 5.84. The number of anilines is 1. The van der Waals surface area contributed by atoms with Gasteiger partial charge in [0.15, 0.2) is 24.6 Å². The number of aliphatic hydroxyl groups excluding tert-OH is 1. The largest absolute Gasteiger partial charge is 0.454 e. The number of allylic oxidation sites excluding steroid dienone is 2. The second-order valence-electron chi connectivity index (χ2n) is 11.4. The smallest absolute Gasteiger partial charge is 0.412 e. The number of ether oxygens (including phenoxy) is 5. The van der Waals surface area contributed by atoms with Crippen molar-refractivity contribution < 1.29 is 43.2 Å². The topological polar surface area (TPSA) is 130 Å². The first kappa shape index (κ1) is 36.1. The Hall–Kier alpha value is -4.77. The summed E-state index contributed by atoms with van der Waals surface area (Å²) < 4.78 is 29.5. The summed E-state index contributed by atoms with van der Waals surface area (Å²) in [5, 5.41) is 13.0. The van der Waals surface area contributed by atoms with E-state index in [4.69, 9.17) is 23.7 Å². The van der Waals surface area contributed by atoms with Crippen molar-refractivity contribution >= 4 is 23.7 Å². The van der Waals surface area contributed by atoms with Crippen molar-refractivity contribution in [2.24, 2.45) is 11.8 Å². The van der Waals surface area contributed by atoms with Crippen LogP contribution in [0.4, 0.5) is 10.5 Å². The molecule has 1 aliphatic heterocycles. The fraction of sp³-hybridized carbons (Fsp3) is 0.342.